The molecular weight excluding hydrogens is 402 g/mol. The fourth-order valence-electron chi connectivity index (χ4n) is 3.96. The van der Waals surface area contributed by atoms with Crippen LogP contribution in [0.4, 0.5) is 5.82 Å². The minimum atomic E-state index is -0.234. The standard InChI is InChI=1S/C26H21N3O3/c1-16-25(26(30)29-24-5-3-4-11-28-24)21-8-6-17(14-23(21)32-16)13-18-10-12-27-22-15-19(31-2)7-9-20(18)22/h3-12,14-15H,13H2,1-2H3,(H,28,29,30). The lowest BCUT2D eigenvalue weighted by Crippen LogP contribution is -2.13. The number of nitrogens with zero attached hydrogens (tertiary/aromatic N) is 2. The van der Waals surface area contributed by atoms with Crippen molar-refractivity contribution in [2.75, 3.05) is 12.4 Å². The number of furan rings is 1. The van der Waals surface area contributed by atoms with Crippen molar-refractivity contribution in [1.29, 1.82) is 0 Å². The SMILES string of the molecule is COc1ccc2c(Cc3ccc4c(C(=O)Nc5ccccn5)c(C)oc4c3)ccnc2c1. The molecule has 0 unspecified atom stereocenters. The summed E-state index contributed by atoms with van der Waals surface area (Å²) in [6.07, 6.45) is 4.17. The Morgan fingerprint density at radius 2 is 1.88 bits per heavy atom. The Labute approximate surface area is 184 Å². The molecule has 5 aromatic rings. The van der Waals surface area contributed by atoms with Crippen molar-refractivity contribution < 1.29 is 13.9 Å². The fourth-order valence-corrected chi connectivity index (χ4v) is 3.96. The van der Waals surface area contributed by atoms with Crippen molar-refractivity contribution in [2.45, 2.75) is 13.3 Å². The quantitative estimate of drug-likeness (QED) is 0.402. The van der Waals surface area contributed by atoms with Gasteiger partial charge in [0.25, 0.3) is 5.91 Å². The Bertz CT molecular complexity index is 1440. The molecule has 0 aliphatic rings. The number of nitrogens with one attached hydrogen (secondary N) is 1. The Balaban J connectivity index is 1.46. The van der Waals surface area contributed by atoms with E-state index in [1.807, 2.05) is 54.7 Å². The van der Waals surface area contributed by atoms with E-state index < -0.39 is 0 Å². The van der Waals surface area contributed by atoms with Gasteiger partial charge in [0.2, 0.25) is 0 Å². The third kappa shape index (κ3) is 3.67. The van der Waals surface area contributed by atoms with Crippen LogP contribution in [-0.2, 0) is 6.42 Å². The average Bonchev–Trinajstić information content (AvgIpc) is 3.14. The second-order valence-corrected chi connectivity index (χ2v) is 7.56. The van der Waals surface area contributed by atoms with Crippen LogP contribution < -0.4 is 10.1 Å². The van der Waals surface area contributed by atoms with E-state index in [9.17, 15) is 4.79 Å². The first-order chi connectivity index (χ1) is 15.6. The Kier molecular flexibility index (Phi) is 5.03. The van der Waals surface area contributed by atoms with Crippen molar-refractivity contribution in [3.8, 4) is 5.75 Å². The van der Waals surface area contributed by atoms with Crippen molar-refractivity contribution in [2.24, 2.45) is 0 Å². The molecule has 0 aliphatic heterocycles. The molecule has 6 nitrogen and oxygen atoms in total. The highest BCUT2D eigenvalue weighted by Crippen LogP contribution is 2.29. The highest BCUT2D eigenvalue weighted by molar-refractivity contribution is 6.13. The first-order valence-corrected chi connectivity index (χ1v) is 10.3. The lowest BCUT2D eigenvalue weighted by atomic mass is 9.99. The van der Waals surface area contributed by atoms with Crippen molar-refractivity contribution in [3.05, 3.63) is 95.5 Å². The number of aromatic nitrogens is 2. The van der Waals surface area contributed by atoms with E-state index in [0.29, 0.717) is 22.7 Å². The molecule has 158 valence electrons. The summed E-state index contributed by atoms with van der Waals surface area (Å²) < 4.78 is 11.3. The van der Waals surface area contributed by atoms with E-state index in [-0.39, 0.29) is 5.91 Å². The predicted molar refractivity (Wildman–Crippen MR) is 124 cm³/mol. The summed E-state index contributed by atoms with van der Waals surface area (Å²) in [5, 5.41) is 4.70. The van der Waals surface area contributed by atoms with E-state index in [1.165, 1.54) is 0 Å². The number of carbonyl (C=O) groups is 1. The fraction of sp³-hybridized carbons (Fsp3) is 0.115. The third-order valence-corrected chi connectivity index (χ3v) is 5.50. The molecule has 1 N–H and O–H groups in total. The van der Waals surface area contributed by atoms with Crippen LogP contribution in [0.1, 0.15) is 27.2 Å². The summed E-state index contributed by atoms with van der Waals surface area (Å²) in [7, 11) is 1.65. The average molecular weight is 423 g/mol. The van der Waals surface area contributed by atoms with Gasteiger partial charge >= 0.3 is 0 Å². The Hall–Kier alpha value is -4.19. The van der Waals surface area contributed by atoms with Gasteiger partial charge in [0.1, 0.15) is 22.9 Å². The normalized spacial score (nSPS) is 11.1. The van der Waals surface area contributed by atoms with Gasteiger partial charge in [0, 0.05) is 29.2 Å². The molecule has 1 amide bonds. The van der Waals surface area contributed by atoms with Crippen LogP contribution in [0.25, 0.3) is 21.9 Å². The molecule has 32 heavy (non-hydrogen) atoms. The van der Waals surface area contributed by atoms with Crippen LogP contribution in [-0.4, -0.2) is 23.0 Å². The van der Waals surface area contributed by atoms with Gasteiger partial charge in [-0.05, 0) is 60.9 Å². The van der Waals surface area contributed by atoms with Gasteiger partial charge in [-0.2, -0.15) is 0 Å². The lowest BCUT2D eigenvalue weighted by molar-refractivity contribution is 0.102. The van der Waals surface area contributed by atoms with E-state index in [2.05, 4.69) is 15.3 Å². The third-order valence-electron chi connectivity index (χ3n) is 5.50. The molecule has 3 heterocycles. The minimum Gasteiger partial charge on any atom is -0.497 e. The molecule has 3 aromatic heterocycles. The predicted octanol–water partition coefficient (Wildman–Crippen LogP) is 5.54. The zero-order valence-corrected chi connectivity index (χ0v) is 17.8. The summed E-state index contributed by atoms with van der Waals surface area (Å²) in [6, 6.07) is 19.3. The van der Waals surface area contributed by atoms with Crippen LogP contribution in [0.2, 0.25) is 0 Å². The van der Waals surface area contributed by atoms with Gasteiger partial charge < -0.3 is 14.5 Å². The topological polar surface area (TPSA) is 77.2 Å². The maximum Gasteiger partial charge on any atom is 0.260 e. The number of aryl methyl sites for hydroxylation is 1. The van der Waals surface area contributed by atoms with E-state index in [4.69, 9.17) is 9.15 Å². The summed E-state index contributed by atoms with van der Waals surface area (Å²) in [4.78, 5) is 21.5. The van der Waals surface area contributed by atoms with Crippen molar-refractivity contribution >= 4 is 33.6 Å². The number of hydrogen-bond acceptors (Lipinski definition) is 5. The molecular formula is C26H21N3O3. The number of hydrogen-bond donors (Lipinski definition) is 1. The Morgan fingerprint density at radius 1 is 1.00 bits per heavy atom. The Morgan fingerprint density at radius 3 is 2.69 bits per heavy atom. The summed E-state index contributed by atoms with van der Waals surface area (Å²) in [5.41, 5.74) is 4.36. The van der Waals surface area contributed by atoms with Gasteiger partial charge in [-0.15, -0.1) is 0 Å². The zero-order valence-electron chi connectivity index (χ0n) is 17.8. The smallest absolute Gasteiger partial charge is 0.260 e. The molecule has 0 spiro atoms. The van der Waals surface area contributed by atoms with Crippen LogP contribution in [0.5, 0.6) is 5.75 Å². The largest absolute Gasteiger partial charge is 0.497 e. The number of fused-ring (bicyclic) bond motifs is 2. The van der Waals surface area contributed by atoms with Gasteiger partial charge in [-0.25, -0.2) is 4.98 Å². The van der Waals surface area contributed by atoms with Crippen molar-refractivity contribution in [1.82, 2.24) is 9.97 Å². The number of carbonyl (C=O) groups excluding carboxylic acids is 1. The highest BCUT2D eigenvalue weighted by atomic mass is 16.5. The molecule has 0 saturated carbocycles. The molecule has 5 rings (SSSR count). The lowest BCUT2D eigenvalue weighted by Gasteiger charge is -2.08. The zero-order chi connectivity index (χ0) is 22.1. The molecule has 0 bridgehead atoms. The number of methoxy groups -OCH3 is 1. The molecule has 0 aliphatic carbocycles. The number of benzene rings is 2. The first kappa shape index (κ1) is 19.8. The van der Waals surface area contributed by atoms with Gasteiger partial charge in [0.15, 0.2) is 0 Å². The maximum absolute atomic E-state index is 12.9. The summed E-state index contributed by atoms with van der Waals surface area (Å²) in [5.74, 6) is 1.63. The molecule has 0 saturated heterocycles. The van der Waals surface area contributed by atoms with Crippen LogP contribution in [0.15, 0.2) is 77.5 Å². The molecule has 0 radical (unpaired) electrons. The number of pyridine rings is 2. The van der Waals surface area contributed by atoms with Crippen LogP contribution in [0.3, 0.4) is 0 Å². The van der Waals surface area contributed by atoms with Crippen LogP contribution >= 0.6 is 0 Å². The van der Waals surface area contributed by atoms with Gasteiger partial charge in [-0.3, -0.25) is 9.78 Å². The van der Waals surface area contributed by atoms with Crippen LogP contribution in [0, 0.1) is 6.92 Å². The summed E-state index contributed by atoms with van der Waals surface area (Å²) in [6.45, 7) is 1.80. The molecule has 6 heteroatoms. The monoisotopic (exact) mass is 423 g/mol. The van der Waals surface area contributed by atoms with E-state index in [0.717, 1.165) is 39.6 Å². The summed E-state index contributed by atoms with van der Waals surface area (Å²) >= 11 is 0. The first-order valence-electron chi connectivity index (χ1n) is 10.3. The molecule has 0 atom stereocenters. The number of anilines is 1. The second kappa shape index (κ2) is 8.15. The molecule has 2 aromatic carbocycles. The number of rotatable bonds is 5. The highest BCUT2D eigenvalue weighted by Gasteiger charge is 2.19. The van der Waals surface area contributed by atoms with Gasteiger partial charge in [-0.1, -0.05) is 18.2 Å². The van der Waals surface area contributed by atoms with E-state index >= 15 is 0 Å². The van der Waals surface area contributed by atoms with Crippen molar-refractivity contribution in [3.63, 3.8) is 0 Å². The minimum absolute atomic E-state index is 0.234. The van der Waals surface area contributed by atoms with Gasteiger partial charge in [0.05, 0.1) is 18.2 Å². The number of ether oxygens (including phenoxy) is 1. The number of amides is 1. The second-order valence-electron chi connectivity index (χ2n) is 7.56. The maximum atomic E-state index is 12.9. The van der Waals surface area contributed by atoms with E-state index in [1.54, 1.807) is 32.4 Å². The molecule has 0 fully saturated rings.